The molecule has 2 aliphatic rings. The van der Waals surface area contributed by atoms with Gasteiger partial charge in [0.2, 0.25) is 0 Å². The molecule has 4 atom stereocenters. The van der Waals surface area contributed by atoms with Crippen LogP contribution in [0, 0.1) is 35.8 Å². The van der Waals surface area contributed by atoms with E-state index < -0.39 is 17.9 Å². The number of rotatable bonds is 13. The van der Waals surface area contributed by atoms with Crippen LogP contribution in [0.4, 0.5) is 8.78 Å². The number of hydrogen-bond acceptors (Lipinski definition) is 6. The van der Waals surface area contributed by atoms with Crippen molar-refractivity contribution in [3.8, 4) is 23.5 Å². The van der Waals surface area contributed by atoms with E-state index in [4.69, 9.17) is 21.9 Å². The van der Waals surface area contributed by atoms with Crippen LogP contribution in [0.1, 0.15) is 97.4 Å². The van der Waals surface area contributed by atoms with Gasteiger partial charge in [0.1, 0.15) is 17.0 Å². The van der Waals surface area contributed by atoms with Gasteiger partial charge >= 0.3 is 0 Å². The first-order chi connectivity index (χ1) is 24.5. The Morgan fingerprint density at radius 1 is 1.18 bits per heavy atom. The van der Waals surface area contributed by atoms with Crippen molar-refractivity contribution in [1.82, 2.24) is 4.90 Å². The Morgan fingerprint density at radius 3 is 2.55 bits per heavy atom. The first-order valence-electron chi connectivity index (χ1n) is 18.6. The summed E-state index contributed by atoms with van der Waals surface area (Å²) in [5, 5.41) is 1.52. The van der Waals surface area contributed by atoms with Crippen molar-refractivity contribution < 1.29 is 18.3 Å². The zero-order valence-corrected chi connectivity index (χ0v) is 32.5. The Kier molecular flexibility index (Phi) is 14.3. The first kappa shape index (κ1) is 40.1. The van der Waals surface area contributed by atoms with Gasteiger partial charge in [0.05, 0.1) is 16.2 Å². The average Bonchev–Trinajstić information content (AvgIpc) is 3.41. The lowest BCUT2D eigenvalue weighted by atomic mass is 9.81. The van der Waals surface area contributed by atoms with Crippen LogP contribution in [0.2, 0.25) is 0 Å². The van der Waals surface area contributed by atoms with Crippen LogP contribution >= 0.6 is 11.3 Å². The predicted molar refractivity (Wildman–Crippen MR) is 209 cm³/mol. The number of ether oxygens (including phenoxy) is 1. The molecule has 1 unspecified atom stereocenters. The minimum absolute atomic E-state index is 0.153. The van der Waals surface area contributed by atoms with E-state index in [0.29, 0.717) is 63.2 Å². The summed E-state index contributed by atoms with van der Waals surface area (Å²) < 4.78 is 39.2. The molecule has 2 heterocycles. The number of hydrogen-bond donors (Lipinski definition) is 1. The number of thiophene rings is 1. The van der Waals surface area contributed by atoms with Gasteiger partial charge in [0.25, 0.3) is 0 Å². The van der Waals surface area contributed by atoms with Crippen molar-refractivity contribution in [1.29, 1.82) is 0 Å². The van der Waals surface area contributed by atoms with Gasteiger partial charge in [-0.15, -0.1) is 17.8 Å². The second kappa shape index (κ2) is 18.2. The molecular weight excluding hydrogens is 661 g/mol. The minimum Gasteiger partial charge on any atom is -0.370 e. The third kappa shape index (κ3) is 8.71. The predicted octanol–water partition coefficient (Wildman–Crippen LogP) is 8.85. The molecule has 8 heteroatoms. The maximum atomic E-state index is 17.3. The fourth-order valence-corrected chi connectivity index (χ4v) is 8.75. The van der Waals surface area contributed by atoms with E-state index in [1.165, 1.54) is 23.0 Å². The van der Waals surface area contributed by atoms with Crippen molar-refractivity contribution >= 4 is 32.9 Å². The Morgan fingerprint density at radius 2 is 1.90 bits per heavy atom. The summed E-state index contributed by atoms with van der Waals surface area (Å²) >= 11 is 1.20. The fourth-order valence-electron chi connectivity index (χ4n) is 7.66. The second-order valence-corrected chi connectivity index (χ2v) is 14.7. The van der Waals surface area contributed by atoms with E-state index in [-0.39, 0.29) is 23.1 Å². The number of carbonyl (C=O) groups is 1. The van der Waals surface area contributed by atoms with Gasteiger partial charge in [-0.05, 0) is 99.2 Å². The molecule has 0 fully saturated rings. The van der Waals surface area contributed by atoms with E-state index in [2.05, 4.69) is 44.7 Å². The number of carbonyl (C=O) groups excluding carboxylic acids is 1. The van der Waals surface area contributed by atoms with E-state index in [0.717, 1.165) is 48.9 Å². The molecular formula is C43H55F2N3O2S. The van der Waals surface area contributed by atoms with Gasteiger partial charge in [-0.25, -0.2) is 13.8 Å². The molecule has 2 N–H and O–H groups in total. The van der Waals surface area contributed by atoms with Gasteiger partial charge < -0.3 is 15.4 Å². The van der Waals surface area contributed by atoms with Crippen LogP contribution in [0.25, 0.3) is 26.9 Å². The van der Waals surface area contributed by atoms with Gasteiger partial charge in [0.15, 0.2) is 12.0 Å². The van der Waals surface area contributed by atoms with E-state index in [1.807, 2.05) is 32.9 Å². The molecule has 1 aliphatic heterocycles. The highest BCUT2D eigenvalue weighted by Gasteiger charge is 2.31. The van der Waals surface area contributed by atoms with Gasteiger partial charge in [-0.3, -0.25) is 4.79 Å². The number of Topliss-reactive ketones (excluding diaryl/α,β-unsaturated/α-hetero) is 1. The summed E-state index contributed by atoms with van der Waals surface area (Å²) in [7, 11) is 2.08. The Balaban J connectivity index is 0.00000286. The van der Waals surface area contributed by atoms with Crippen LogP contribution in [0.5, 0.6) is 0 Å². The lowest BCUT2D eigenvalue weighted by Gasteiger charge is -2.39. The van der Waals surface area contributed by atoms with Crippen molar-refractivity contribution in [3.63, 3.8) is 0 Å². The van der Waals surface area contributed by atoms with Gasteiger partial charge in [0, 0.05) is 41.4 Å². The SMILES string of the molecule is C#Cc1sc2c(F)ccc(-c3ccc4c(c3F)=NC(OC[C@@H](C)CCC)C=C(C)C=4N(C)[C@@H]3CCC(CC(C)=O)=C[C@H]3CC)c2c1CCN.CC. The molecule has 0 spiro atoms. The summed E-state index contributed by atoms with van der Waals surface area (Å²) in [5.41, 5.74) is 10.7. The number of ketones is 1. The molecule has 0 amide bonds. The van der Waals surface area contributed by atoms with Crippen molar-refractivity contribution in [3.05, 3.63) is 80.2 Å². The number of nitrogens with zero attached hydrogens (tertiary/aromatic N) is 2. The highest BCUT2D eigenvalue weighted by molar-refractivity contribution is 7.19. The molecule has 274 valence electrons. The third-order valence-electron chi connectivity index (χ3n) is 9.93. The summed E-state index contributed by atoms with van der Waals surface area (Å²) in [5.74, 6) is 2.56. The minimum atomic E-state index is -0.681. The number of fused-ring (bicyclic) bond motifs is 2. The lowest BCUT2D eigenvalue weighted by Crippen LogP contribution is -2.43. The van der Waals surface area contributed by atoms with Gasteiger partial charge in [-0.1, -0.05) is 70.7 Å². The largest absolute Gasteiger partial charge is 0.370 e. The summed E-state index contributed by atoms with van der Waals surface area (Å²) in [6.45, 7) is 15.0. The lowest BCUT2D eigenvalue weighted by molar-refractivity contribution is -0.116. The Labute approximate surface area is 307 Å². The van der Waals surface area contributed by atoms with E-state index >= 15 is 8.78 Å². The highest BCUT2D eigenvalue weighted by atomic mass is 32.1. The van der Waals surface area contributed by atoms with E-state index in [9.17, 15) is 4.79 Å². The summed E-state index contributed by atoms with van der Waals surface area (Å²) in [4.78, 5) is 19.8. The highest BCUT2D eigenvalue weighted by Crippen LogP contribution is 2.40. The number of halogens is 2. The van der Waals surface area contributed by atoms with Crippen molar-refractivity contribution in [2.24, 2.45) is 22.6 Å². The molecule has 1 aromatic heterocycles. The topological polar surface area (TPSA) is 67.9 Å². The molecule has 0 bridgehead atoms. The number of likely N-dealkylation sites (N-methyl/N-ethyl adjacent to an activating group) is 1. The first-order valence-corrected chi connectivity index (χ1v) is 19.4. The summed E-state index contributed by atoms with van der Waals surface area (Å²) in [6, 6.07) is 6.88. The molecule has 5 nitrogen and oxygen atoms in total. The van der Waals surface area contributed by atoms with Crippen molar-refractivity contribution in [2.45, 2.75) is 106 Å². The zero-order chi connectivity index (χ0) is 37.4. The van der Waals surface area contributed by atoms with Crippen LogP contribution in [-0.2, 0) is 16.0 Å². The molecule has 0 saturated carbocycles. The molecule has 51 heavy (non-hydrogen) atoms. The Hall–Kier alpha value is -3.64. The third-order valence-corrected chi connectivity index (χ3v) is 11.1. The number of terminal acetylenes is 1. The molecule has 2 aromatic carbocycles. The molecule has 1 aliphatic carbocycles. The molecule has 0 radical (unpaired) electrons. The van der Waals surface area contributed by atoms with Crippen LogP contribution in [0.15, 0.2) is 52.6 Å². The molecule has 5 rings (SSSR count). The monoisotopic (exact) mass is 715 g/mol. The normalized spacial score (nSPS) is 19.1. The summed E-state index contributed by atoms with van der Waals surface area (Å²) in [6.07, 6.45) is 15.1. The molecule has 3 aromatic rings. The average molecular weight is 716 g/mol. The van der Waals surface area contributed by atoms with Crippen LogP contribution in [0.3, 0.4) is 0 Å². The molecule has 0 saturated heterocycles. The Bertz CT molecular complexity index is 1950. The standard InChI is InChI=1S/C41H49F2N3O2S.C2H6/c1-8-11-24(4)23-48-36-20-25(5)40(46(7)34-17-12-27(21-26(6)47)22-28(34)9-2)32-14-13-30(38(43)39(32)45-36)29-15-16-33(42)41-37(29)31(18-19-44)35(10-3)49-41;1-2/h3,13-16,20,22,24,28,34,36H,8-9,11-12,17-19,21,23,44H2,1-2,4-7H3;1-2H3/t24-,28+,34+,36?;/m0./s1. The fraction of sp³-hybridized carbons (Fsp3) is 0.488. The smallest absolute Gasteiger partial charge is 0.168 e. The van der Waals surface area contributed by atoms with Crippen LogP contribution < -0.4 is 16.3 Å². The van der Waals surface area contributed by atoms with Crippen LogP contribution in [-0.4, -0.2) is 43.2 Å². The van der Waals surface area contributed by atoms with E-state index in [1.54, 1.807) is 19.1 Å². The number of benzene rings is 2. The zero-order valence-electron chi connectivity index (χ0n) is 31.7. The van der Waals surface area contributed by atoms with Crippen molar-refractivity contribution in [2.75, 3.05) is 20.2 Å². The maximum absolute atomic E-state index is 17.3. The quantitative estimate of drug-likeness (QED) is 0.142. The maximum Gasteiger partial charge on any atom is 0.168 e. The second-order valence-electron chi connectivity index (χ2n) is 13.7. The number of allylic oxidation sites excluding steroid dienone is 1. The number of nitrogens with two attached hydrogens (primary N) is 1. The van der Waals surface area contributed by atoms with Gasteiger partial charge in [-0.2, -0.15) is 0 Å².